The maximum absolute atomic E-state index is 11.5. The molecule has 1 unspecified atom stereocenters. The van der Waals surface area contributed by atoms with E-state index in [-0.39, 0.29) is 12.1 Å². The van der Waals surface area contributed by atoms with Gasteiger partial charge in [-0.15, -0.1) is 0 Å². The van der Waals surface area contributed by atoms with Crippen LogP contribution in [-0.2, 0) is 9.47 Å². The molecule has 5 heteroatoms. The van der Waals surface area contributed by atoms with Gasteiger partial charge in [0, 0.05) is 19.1 Å². The molecule has 0 aromatic rings. The third-order valence-electron chi connectivity index (χ3n) is 3.20. The summed E-state index contributed by atoms with van der Waals surface area (Å²) in [6.07, 6.45) is 5.11. The van der Waals surface area contributed by atoms with E-state index in [1.54, 1.807) is 0 Å². The van der Waals surface area contributed by atoms with Crippen molar-refractivity contribution in [2.75, 3.05) is 19.7 Å². The monoisotopic (exact) mass is 286 g/mol. The van der Waals surface area contributed by atoms with Crippen molar-refractivity contribution in [2.24, 2.45) is 0 Å². The van der Waals surface area contributed by atoms with Gasteiger partial charge in [0.1, 0.15) is 5.60 Å². The number of hydrogen-bond donors (Lipinski definition) is 2. The first kappa shape index (κ1) is 17.2. The van der Waals surface area contributed by atoms with Crippen molar-refractivity contribution in [2.45, 2.75) is 71.1 Å². The molecular weight excluding hydrogens is 256 g/mol. The zero-order valence-electron chi connectivity index (χ0n) is 13.3. The standard InChI is InChI=1S/C15H30N2O3/c1-12(11-17-14(18)20-15(2,3)4)16-9-10-19-13-7-5-6-8-13/h12-13,16H,5-11H2,1-4H3,(H,17,18). The molecule has 1 fully saturated rings. The summed E-state index contributed by atoms with van der Waals surface area (Å²) in [5.41, 5.74) is -0.449. The molecule has 1 rings (SSSR count). The van der Waals surface area contributed by atoms with Crippen molar-refractivity contribution >= 4 is 6.09 Å². The highest BCUT2D eigenvalue weighted by molar-refractivity contribution is 5.67. The van der Waals surface area contributed by atoms with Gasteiger partial charge < -0.3 is 20.1 Å². The highest BCUT2D eigenvalue weighted by atomic mass is 16.6. The van der Waals surface area contributed by atoms with E-state index in [0.717, 1.165) is 13.2 Å². The lowest BCUT2D eigenvalue weighted by Gasteiger charge is -2.21. The van der Waals surface area contributed by atoms with Crippen LogP contribution in [0, 0.1) is 0 Å². The SMILES string of the molecule is CC(CNC(=O)OC(C)(C)C)NCCOC1CCCC1. The number of carbonyl (C=O) groups excluding carboxylic acids is 1. The molecular formula is C15H30N2O3. The number of ether oxygens (including phenoxy) is 2. The molecule has 1 aliphatic carbocycles. The molecule has 2 N–H and O–H groups in total. The first-order chi connectivity index (χ1) is 9.37. The Balaban J connectivity index is 1.99. The van der Waals surface area contributed by atoms with E-state index >= 15 is 0 Å². The van der Waals surface area contributed by atoms with E-state index in [1.807, 2.05) is 27.7 Å². The van der Waals surface area contributed by atoms with Crippen molar-refractivity contribution in [3.05, 3.63) is 0 Å². The van der Waals surface area contributed by atoms with E-state index in [2.05, 4.69) is 10.6 Å². The van der Waals surface area contributed by atoms with Gasteiger partial charge in [0.15, 0.2) is 0 Å². The number of carbonyl (C=O) groups is 1. The number of rotatable bonds is 7. The van der Waals surface area contributed by atoms with Crippen LogP contribution < -0.4 is 10.6 Å². The highest BCUT2D eigenvalue weighted by Gasteiger charge is 2.17. The topological polar surface area (TPSA) is 59.6 Å². The molecule has 5 nitrogen and oxygen atoms in total. The van der Waals surface area contributed by atoms with Crippen LogP contribution in [0.2, 0.25) is 0 Å². The van der Waals surface area contributed by atoms with Crippen LogP contribution in [0.25, 0.3) is 0 Å². The number of alkyl carbamates (subject to hydrolysis) is 1. The van der Waals surface area contributed by atoms with Gasteiger partial charge in [-0.2, -0.15) is 0 Å². The fraction of sp³-hybridized carbons (Fsp3) is 0.933. The number of hydrogen-bond acceptors (Lipinski definition) is 4. The van der Waals surface area contributed by atoms with Crippen LogP contribution >= 0.6 is 0 Å². The van der Waals surface area contributed by atoms with Gasteiger partial charge in [-0.05, 0) is 40.5 Å². The quantitative estimate of drug-likeness (QED) is 0.706. The third-order valence-corrected chi connectivity index (χ3v) is 3.20. The van der Waals surface area contributed by atoms with E-state index in [1.165, 1.54) is 25.7 Å². The first-order valence-corrected chi connectivity index (χ1v) is 7.68. The zero-order chi connectivity index (χ0) is 15.0. The second-order valence-corrected chi connectivity index (χ2v) is 6.52. The average Bonchev–Trinajstić information content (AvgIpc) is 2.83. The van der Waals surface area contributed by atoms with Crippen molar-refractivity contribution in [3.63, 3.8) is 0 Å². The minimum absolute atomic E-state index is 0.203. The minimum Gasteiger partial charge on any atom is -0.444 e. The van der Waals surface area contributed by atoms with Crippen LogP contribution in [0.3, 0.4) is 0 Å². The average molecular weight is 286 g/mol. The van der Waals surface area contributed by atoms with Gasteiger partial charge in [-0.1, -0.05) is 12.8 Å². The van der Waals surface area contributed by atoms with Crippen LogP contribution in [-0.4, -0.2) is 43.5 Å². The Bertz CT molecular complexity index is 283. The second-order valence-electron chi connectivity index (χ2n) is 6.52. The molecule has 0 aromatic carbocycles. The Morgan fingerprint density at radius 1 is 1.30 bits per heavy atom. The zero-order valence-corrected chi connectivity index (χ0v) is 13.3. The van der Waals surface area contributed by atoms with Gasteiger partial charge in [0.2, 0.25) is 0 Å². The molecule has 1 saturated carbocycles. The summed E-state index contributed by atoms with van der Waals surface area (Å²) >= 11 is 0. The predicted octanol–water partition coefficient (Wildman–Crippen LogP) is 2.45. The minimum atomic E-state index is -0.449. The Kier molecular flexibility index (Phi) is 7.30. The van der Waals surface area contributed by atoms with Crippen molar-refractivity contribution in [1.82, 2.24) is 10.6 Å². The summed E-state index contributed by atoms with van der Waals surface area (Å²) in [6, 6.07) is 0.203. The summed E-state index contributed by atoms with van der Waals surface area (Å²) < 4.78 is 10.9. The lowest BCUT2D eigenvalue weighted by Crippen LogP contribution is -2.42. The normalized spacial score (nSPS) is 18.0. The molecule has 1 atom stereocenters. The maximum atomic E-state index is 11.5. The molecule has 0 radical (unpaired) electrons. The molecule has 0 bridgehead atoms. The van der Waals surface area contributed by atoms with Crippen LogP contribution in [0.15, 0.2) is 0 Å². The lowest BCUT2D eigenvalue weighted by atomic mass is 10.2. The van der Waals surface area contributed by atoms with Crippen LogP contribution in [0.4, 0.5) is 4.79 Å². The van der Waals surface area contributed by atoms with Crippen molar-refractivity contribution in [1.29, 1.82) is 0 Å². The Labute approximate surface area is 122 Å². The van der Waals surface area contributed by atoms with E-state index in [0.29, 0.717) is 12.6 Å². The third kappa shape index (κ3) is 8.38. The van der Waals surface area contributed by atoms with E-state index < -0.39 is 5.60 Å². The summed E-state index contributed by atoms with van der Waals surface area (Å²) in [6.45, 7) is 9.71. The van der Waals surface area contributed by atoms with E-state index in [9.17, 15) is 4.79 Å². The molecule has 0 aromatic heterocycles. The van der Waals surface area contributed by atoms with Gasteiger partial charge >= 0.3 is 6.09 Å². The molecule has 1 amide bonds. The van der Waals surface area contributed by atoms with Crippen molar-refractivity contribution in [3.8, 4) is 0 Å². The van der Waals surface area contributed by atoms with Gasteiger partial charge in [-0.3, -0.25) is 0 Å². The summed E-state index contributed by atoms with van der Waals surface area (Å²) in [7, 11) is 0. The van der Waals surface area contributed by atoms with Crippen LogP contribution in [0.1, 0.15) is 53.4 Å². The molecule has 0 saturated heterocycles. The molecule has 0 heterocycles. The number of amides is 1. The van der Waals surface area contributed by atoms with Gasteiger partial charge in [0.05, 0.1) is 12.7 Å². The smallest absolute Gasteiger partial charge is 0.407 e. The molecule has 20 heavy (non-hydrogen) atoms. The van der Waals surface area contributed by atoms with Gasteiger partial charge in [-0.25, -0.2) is 4.79 Å². The summed E-state index contributed by atoms with van der Waals surface area (Å²) in [5.74, 6) is 0. The Hall–Kier alpha value is -0.810. The largest absolute Gasteiger partial charge is 0.444 e. The second kappa shape index (κ2) is 8.47. The Morgan fingerprint density at radius 2 is 1.95 bits per heavy atom. The first-order valence-electron chi connectivity index (χ1n) is 7.68. The summed E-state index contributed by atoms with van der Waals surface area (Å²) in [4.78, 5) is 11.5. The lowest BCUT2D eigenvalue weighted by molar-refractivity contribution is 0.0516. The maximum Gasteiger partial charge on any atom is 0.407 e. The molecule has 0 spiro atoms. The number of nitrogens with one attached hydrogen (secondary N) is 2. The van der Waals surface area contributed by atoms with Crippen molar-refractivity contribution < 1.29 is 14.3 Å². The van der Waals surface area contributed by atoms with Gasteiger partial charge in [0.25, 0.3) is 0 Å². The molecule has 118 valence electrons. The molecule has 0 aliphatic heterocycles. The van der Waals surface area contributed by atoms with Crippen LogP contribution in [0.5, 0.6) is 0 Å². The Morgan fingerprint density at radius 3 is 2.55 bits per heavy atom. The summed E-state index contributed by atoms with van der Waals surface area (Å²) in [5, 5.41) is 6.09. The van der Waals surface area contributed by atoms with E-state index in [4.69, 9.17) is 9.47 Å². The predicted molar refractivity (Wildman–Crippen MR) is 79.9 cm³/mol. The fourth-order valence-electron chi connectivity index (χ4n) is 2.21. The fourth-order valence-corrected chi connectivity index (χ4v) is 2.21. The molecule has 1 aliphatic rings. The highest BCUT2D eigenvalue weighted by Crippen LogP contribution is 2.20.